The molecule has 0 aromatic rings. The Morgan fingerprint density at radius 2 is 2.22 bits per heavy atom. The predicted octanol–water partition coefficient (Wildman–Crippen LogP) is 1.56. The Labute approximate surface area is 56.1 Å². The van der Waals surface area contributed by atoms with Crippen molar-refractivity contribution in [1.82, 2.24) is 0 Å². The SMILES string of the molecule is C[C@]1(O)C[C@H]2CC[C@@H]1C2. The molecule has 2 rings (SSSR count). The quantitative estimate of drug-likeness (QED) is 0.522. The Bertz CT molecular complexity index is 129. The molecule has 2 aliphatic rings. The van der Waals surface area contributed by atoms with Gasteiger partial charge in [-0.2, -0.15) is 0 Å². The molecule has 52 valence electrons. The van der Waals surface area contributed by atoms with Crippen LogP contribution >= 0.6 is 0 Å². The molecule has 1 nitrogen and oxygen atoms in total. The normalized spacial score (nSPS) is 56.7. The zero-order valence-electron chi connectivity index (χ0n) is 5.93. The first kappa shape index (κ1) is 5.72. The second-order valence-electron chi connectivity index (χ2n) is 3.94. The first-order chi connectivity index (χ1) is 4.18. The largest absolute Gasteiger partial charge is 0.390 e. The molecule has 0 aromatic heterocycles. The van der Waals surface area contributed by atoms with Crippen LogP contribution in [-0.2, 0) is 0 Å². The summed E-state index contributed by atoms with van der Waals surface area (Å²) in [7, 11) is 0. The van der Waals surface area contributed by atoms with Crippen LogP contribution in [0.1, 0.15) is 32.6 Å². The van der Waals surface area contributed by atoms with Gasteiger partial charge in [0.1, 0.15) is 0 Å². The van der Waals surface area contributed by atoms with E-state index in [1.54, 1.807) is 0 Å². The van der Waals surface area contributed by atoms with E-state index in [0.29, 0.717) is 5.92 Å². The Hall–Kier alpha value is -0.0400. The van der Waals surface area contributed by atoms with Crippen molar-refractivity contribution in [3.05, 3.63) is 0 Å². The minimum atomic E-state index is -0.289. The van der Waals surface area contributed by atoms with Gasteiger partial charge >= 0.3 is 0 Å². The summed E-state index contributed by atoms with van der Waals surface area (Å²) in [5.74, 6) is 1.51. The molecule has 0 saturated heterocycles. The van der Waals surface area contributed by atoms with Gasteiger partial charge < -0.3 is 5.11 Å². The van der Waals surface area contributed by atoms with Gasteiger partial charge in [0.2, 0.25) is 0 Å². The molecule has 9 heavy (non-hydrogen) atoms. The summed E-state index contributed by atoms with van der Waals surface area (Å²) in [6.45, 7) is 2.00. The van der Waals surface area contributed by atoms with Crippen molar-refractivity contribution in [3.8, 4) is 0 Å². The fourth-order valence-electron chi connectivity index (χ4n) is 2.58. The molecule has 0 spiro atoms. The van der Waals surface area contributed by atoms with Crippen LogP contribution in [0.25, 0.3) is 0 Å². The maximum Gasteiger partial charge on any atom is 0.0650 e. The van der Waals surface area contributed by atoms with Crippen LogP contribution in [0.3, 0.4) is 0 Å². The highest BCUT2D eigenvalue weighted by Crippen LogP contribution is 2.50. The third-order valence-electron chi connectivity index (χ3n) is 3.12. The third kappa shape index (κ3) is 0.710. The summed E-state index contributed by atoms with van der Waals surface area (Å²) in [6.07, 6.45) is 5.02. The van der Waals surface area contributed by atoms with Gasteiger partial charge in [-0.1, -0.05) is 0 Å². The highest BCUT2D eigenvalue weighted by atomic mass is 16.3. The van der Waals surface area contributed by atoms with E-state index in [0.717, 1.165) is 12.3 Å². The highest BCUT2D eigenvalue weighted by Gasteiger charge is 2.46. The fourth-order valence-corrected chi connectivity index (χ4v) is 2.58. The van der Waals surface area contributed by atoms with Crippen LogP contribution in [-0.4, -0.2) is 10.7 Å². The van der Waals surface area contributed by atoms with Crippen molar-refractivity contribution in [1.29, 1.82) is 0 Å². The fraction of sp³-hybridized carbons (Fsp3) is 1.00. The van der Waals surface area contributed by atoms with Gasteiger partial charge in [0, 0.05) is 0 Å². The van der Waals surface area contributed by atoms with Crippen molar-refractivity contribution in [2.75, 3.05) is 0 Å². The maximum absolute atomic E-state index is 9.68. The van der Waals surface area contributed by atoms with Crippen LogP contribution in [0.4, 0.5) is 0 Å². The Morgan fingerprint density at radius 1 is 1.44 bits per heavy atom. The topological polar surface area (TPSA) is 20.2 Å². The lowest BCUT2D eigenvalue weighted by Crippen LogP contribution is -2.30. The maximum atomic E-state index is 9.68. The minimum Gasteiger partial charge on any atom is -0.390 e. The molecule has 2 fully saturated rings. The minimum absolute atomic E-state index is 0.289. The van der Waals surface area contributed by atoms with Crippen molar-refractivity contribution in [3.63, 3.8) is 0 Å². The van der Waals surface area contributed by atoms with Gasteiger partial charge in [-0.05, 0) is 44.4 Å². The van der Waals surface area contributed by atoms with E-state index in [4.69, 9.17) is 0 Å². The van der Waals surface area contributed by atoms with E-state index < -0.39 is 0 Å². The second-order valence-corrected chi connectivity index (χ2v) is 3.94. The van der Waals surface area contributed by atoms with E-state index in [2.05, 4.69) is 0 Å². The lowest BCUT2D eigenvalue weighted by Gasteiger charge is -2.27. The molecule has 0 aliphatic heterocycles. The average Bonchev–Trinajstić information content (AvgIpc) is 2.19. The smallest absolute Gasteiger partial charge is 0.0650 e. The average molecular weight is 126 g/mol. The molecule has 2 bridgehead atoms. The number of hydrogen-bond acceptors (Lipinski definition) is 1. The zero-order valence-corrected chi connectivity index (χ0v) is 5.93. The monoisotopic (exact) mass is 126 g/mol. The molecular weight excluding hydrogens is 112 g/mol. The van der Waals surface area contributed by atoms with E-state index >= 15 is 0 Å². The van der Waals surface area contributed by atoms with Crippen LogP contribution in [0.2, 0.25) is 0 Å². The lowest BCUT2D eigenvalue weighted by atomic mass is 9.86. The van der Waals surface area contributed by atoms with Gasteiger partial charge in [0.15, 0.2) is 0 Å². The summed E-state index contributed by atoms with van der Waals surface area (Å²) in [5.41, 5.74) is -0.289. The van der Waals surface area contributed by atoms with Gasteiger partial charge in [-0.25, -0.2) is 0 Å². The van der Waals surface area contributed by atoms with Gasteiger partial charge in [0.05, 0.1) is 5.60 Å². The Morgan fingerprint density at radius 3 is 2.44 bits per heavy atom. The molecule has 0 heterocycles. The third-order valence-corrected chi connectivity index (χ3v) is 3.12. The molecule has 2 saturated carbocycles. The van der Waals surface area contributed by atoms with Crippen molar-refractivity contribution in [2.24, 2.45) is 11.8 Å². The van der Waals surface area contributed by atoms with Gasteiger partial charge in [0.25, 0.3) is 0 Å². The highest BCUT2D eigenvalue weighted by molar-refractivity contribution is 4.98. The van der Waals surface area contributed by atoms with Crippen molar-refractivity contribution < 1.29 is 5.11 Å². The number of aliphatic hydroxyl groups is 1. The summed E-state index contributed by atoms with van der Waals surface area (Å²) in [5, 5.41) is 9.68. The van der Waals surface area contributed by atoms with E-state index in [9.17, 15) is 5.11 Å². The Kier molecular flexibility index (Phi) is 0.963. The predicted molar refractivity (Wildman–Crippen MR) is 36.1 cm³/mol. The summed E-state index contributed by atoms with van der Waals surface area (Å²) in [6, 6.07) is 0. The Balaban J connectivity index is 2.18. The first-order valence-electron chi connectivity index (χ1n) is 3.91. The summed E-state index contributed by atoms with van der Waals surface area (Å²) < 4.78 is 0. The molecule has 0 amide bonds. The zero-order chi connectivity index (χ0) is 6.48. The lowest BCUT2D eigenvalue weighted by molar-refractivity contribution is 0.00531. The number of hydrogen-bond donors (Lipinski definition) is 1. The molecule has 2 aliphatic carbocycles. The first-order valence-corrected chi connectivity index (χ1v) is 3.91. The molecule has 1 heteroatoms. The van der Waals surface area contributed by atoms with Crippen LogP contribution in [0.15, 0.2) is 0 Å². The summed E-state index contributed by atoms with van der Waals surface area (Å²) >= 11 is 0. The molecule has 1 N–H and O–H groups in total. The van der Waals surface area contributed by atoms with Crippen molar-refractivity contribution in [2.45, 2.75) is 38.2 Å². The van der Waals surface area contributed by atoms with Crippen molar-refractivity contribution >= 4 is 0 Å². The van der Waals surface area contributed by atoms with E-state index in [1.807, 2.05) is 6.92 Å². The van der Waals surface area contributed by atoms with Gasteiger partial charge in [-0.3, -0.25) is 0 Å². The second kappa shape index (κ2) is 1.51. The van der Waals surface area contributed by atoms with E-state index in [-0.39, 0.29) is 5.60 Å². The van der Waals surface area contributed by atoms with E-state index in [1.165, 1.54) is 19.3 Å². The molecule has 0 unspecified atom stereocenters. The molecular formula is C8H14O. The van der Waals surface area contributed by atoms with Crippen LogP contribution in [0.5, 0.6) is 0 Å². The molecule has 0 aromatic carbocycles. The molecule has 3 atom stereocenters. The van der Waals surface area contributed by atoms with Crippen LogP contribution < -0.4 is 0 Å². The standard InChI is InChI=1S/C8H14O/c1-8(9)5-6-2-3-7(8)4-6/h6-7,9H,2-5H2,1H3/t6-,7+,8-/m0/s1. The van der Waals surface area contributed by atoms with Crippen LogP contribution in [0, 0.1) is 11.8 Å². The molecule has 0 radical (unpaired) electrons. The van der Waals surface area contributed by atoms with Gasteiger partial charge in [-0.15, -0.1) is 0 Å². The number of rotatable bonds is 0. The summed E-state index contributed by atoms with van der Waals surface area (Å²) in [4.78, 5) is 0. The number of fused-ring (bicyclic) bond motifs is 2.